The van der Waals surface area contributed by atoms with Crippen molar-refractivity contribution in [1.29, 1.82) is 0 Å². The second kappa shape index (κ2) is 11.9. The molecule has 1 fully saturated rings. The Morgan fingerprint density at radius 2 is 1.65 bits per heavy atom. The normalized spacial score (nSPS) is 14.7. The van der Waals surface area contributed by atoms with E-state index >= 15 is 0 Å². The van der Waals surface area contributed by atoms with Gasteiger partial charge in [0.15, 0.2) is 0 Å². The number of carbonyl (C=O) groups is 2. The predicted octanol–water partition coefficient (Wildman–Crippen LogP) is 3.29. The average molecular weight is 421 g/mol. The van der Waals surface area contributed by atoms with Crippen LogP contribution in [0, 0.1) is 17.8 Å². The van der Waals surface area contributed by atoms with E-state index in [-0.39, 0.29) is 5.91 Å². The molecular formula is C25H28N2O4. The molecule has 1 saturated heterocycles. The van der Waals surface area contributed by atoms with Crippen molar-refractivity contribution >= 4 is 11.8 Å². The highest BCUT2D eigenvalue weighted by molar-refractivity contribution is 5.97. The standard InChI is InChI=1S/C25H28N2O4/c28-24(22-13-11-21(12-14-22)10-9-19-5-2-1-3-6-19)26-23(25(29)27-30)8-4-7-20-15-17-31-18-16-20/h1-3,5-6,11-14,20,23,30H,4,7-8,15-18H2,(H,26,28)(H,27,29)/t23-/m0/s1. The Hall–Kier alpha value is -3.14. The van der Waals surface area contributed by atoms with E-state index in [1.165, 1.54) is 0 Å². The minimum Gasteiger partial charge on any atom is -0.381 e. The number of carbonyl (C=O) groups excluding carboxylic acids is 2. The molecule has 0 aromatic heterocycles. The van der Waals surface area contributed by atoms with Crippen molar-refractivity contribution in [3.63, 3.8) is 0 Å². The van der Waals surface area contributed by atoms with Gasteiger partial charge >= 0.3 is 0 Å². The van der Waals surface area contributed by atoms with Gasteiger partial charge in [-0.2, -0.15) is 0 Å². The molecule has 3 N–H and O–H groups in total. The zero-order valence-electron chi connectivity index (χ0n) is 17.5. The summed E-state index contributed by atoms with van der Waals surface area (Å²) in [5.41, 5.74) is 3.81. The molecule has 1 aliphatic heterocycles. The SMILES string of the molecule is O=C(N[C@@H](CCCC1CCOCC1)C(=O)NO)c1ccc(C#Cc2ccccc2)cc1. The molecule has 1 atom stereocenters. The molecular weight excluding hydrogens is 392 g/mol. The summed E-state index contributed by atoms with van der Waals surface area (Å²) in [6, 6.07) is 15.8. The highest BCUT2D eigenvalue weighted by Crippen LogP contribution is 2.21. The van der Waals surface area contributed by atoms with Crippen LogP contribution in [-0.4, -0.2) is 36.3 Å². The van der Waals surface area contributed by atoms with Crippen LogP contribution in [0.5, 0.6) is 0 Å². The van der Waals surface area contributed by atoms with Gasteiger partial charge in [0, 0.05) is 29.9 Å². The van der Waals surface area contributed by atoms with E-state index in [1.54, 1.807) is 29.7 Å². The number of amides is 2. The molecule has 1 heterocycles. The lowest BCUT2D eigenvalue weighted by molar-refractivity contribution is -0.131. The lowest BCUT2D eigenvalue weighted by Gasteiger charge is -2.23. The van der Waals surface area contributed by atoms with Gasteiger partial charge in [-0.1, -0.05) is 42.9 Å². The number of hydrogen-bond acceptors (Lipinski definition) is 4. The van der Waals surface area contributed by atoms with Crippen molar-refractivity contribution < 1.29 is 19.5 Å². The maximum absolute atomic E-state index is 12.6. The number of rotatable bonds is 7. The number of hydrogen-bond donors (Lipinski definition) is 3. The minimum atomic E-state index is -0.783. The van der Waals surface area contributed by atoms with Crippen LogP contribution < -0.4 is 10.8 Å². The lowest BCUT2D eigenvalue weighted by Crippen LogP contribution is -2.45. The third-order valence-corrected chi connectivity index (χ3v) is 5.45. The van der Waals surface area contributed by atoms with Gasteiger partial charge in [-0.3, -0.25) is 14.8 Å². The Labute approximate surface area is 183 Å². The van der Waals surface area contributed by atoms with Crippen LogP contribution in [0.2, 0.25) is 0 Å². The average Bonchev–Trinajstić information content (AvgIpc) is 2.83. The fourth-order valence-electron chi connectivity index (χ4n) is 3.60. The summed E-state index contributed by atoms with van der Waals surface area (Å²) in [5.74, 6) is 5.77. The maximum Gasteiger partial charge on any atom is 0.265 e. The van der Waals surface area contributed by atoms with Crippen LogP contribution in [0.1, 0.15) is 53.6 Å². The van der Waals surface area contributed by atoms with Crippen LogP contribution in [0.3, 0.4) is 0 Å². The quantitative estimate of drug-likeness (QED) is 0.364. The van der Waals surface area contributed by atoms with Crippen LogP contribution in [-0.2, 0) is 9.53 Å². The molecule has 2 amide bonds. The Morgan fingerprint density at radius 3 is 2.29 bits per heavy atom. The lowest BCUT2D eigenvalue weighted by atomic mass is 9.93. The van der Waals surface area contributed by atoms with E-state index in [2.05, 4.69) is 17.2 Å². The molecule has 0 radical (unpaired) electrons. The van der Waals surface area contributed by atoms with Gasteiger partial charge < -0.3 is 10.1 Å². The maximum atomic E-state index is 12.6. The number of hydroxylamine groups is 1. The van der Waals surface area contributed by atoms with Crippen molar-refractivity contribution in [3.8, 4) is 11.8 Å². The molecule has 1 aliphatic rings. The first-order chi connectivity index (χ1) is 15.2. The highest BCUT2D eigenvalue weighted by atomic mass is 16.5. The third kappa shape index (κ3) is 7.25. The zero-order valence-corrected chi connectivity index (χ0v) is 17.5. The van der Waals surface area contributed by atoms with Gasteiger partial charge in [0.2, 0.25) is 0 Å². The molecule has 31 heavy (non-hydrogen) atoms. The van der Waals surface area contributed by atoms with Crippen LogP contribution in [0.4, 0.5) is 0 Å². The highest BCUT2D eigenvalue weighted by Gasteiger charge is 2.22. The largest absolute Gasteiger partial charge is 0.381 e. The Balaban J connectivity index is 1.55. The first-order valence-corrected chi connectivity index (χ1v) is 10.7. The smallest absolute Gasteiger partial charge is 0.265 e. The van der Waals surface area contributed by atoms with Crippen LogP contribution in [0.25, 0.3) is 0 Å². The van der Waals surface area contributed by atoms with Gasteiger partial charge in [-0.25, -0.2) is 5.48 Å². The molecule has 162 valence electrons. The second-order valence-electron chi connectivity index (χ2n) is 7.68. The van der Waals surface area contributed by atoms with Gasteiger partial charge in [-0.05, 0) is 61.6 Å². The van der Waals surface area contributed by atoms with Crippen molar-refractivity contribution in [1.82, 2.24) is 10.8 Å². The first-order valence-electron chi connectivity index (χ1n) is 10.7. The van der Waals surface area contributed by atoms with Crippen molar-refractivity contribution in [2.75, 3.05) is 13.2 Å². The molecule has 0 bridgehead atoms. The van der Waals surface area contributed by atoms with E-state index in [4.69, 9.17) is 9.94 Å². The monoisotopic (exact) mass is 420 g/mol. The summed E-state index contributed by atoms with van der Waals surface area (Å²) >= 11 is 0. The molecule has 2 aromatic rings. The van der Waals surface area contributed by atoms with E-state index in [9.17, 15) is 9.59 Å². The molecule has 0 unspecified atom stereocenters. The van der Waals surface area contributed by atoms with Gasteiger partial charge in [0.25, 0.3) is 11.8 Å². The summed E-state index contributed by atoms with van der Waals surface area (Å²) in [7, 11) is 0. The summed E-state index contributed by atoms with van der Waals surface area (Å²) in [6.45, 7) is 1.57. The van der Waals surface area contributed by atoms with E-state index in [1.807, 2.05) is 30.3 Å². The van der Waals surface area contributed by atoms with E-state index in [0.29, 0.717) is 17.9 Å². The molecule has 0 spiro atoms. The third-order valence-electron chi connectivity index (χ3n) is 5.45. The zero-order chi connectivity index (χ0) is 21.9. The Kier molecular flexibility index (Phi) is 8.65. The fourth-order valence-corrected chi connectivity index (χ4v) is 3.60. The fraction of sp³-hybridized carbons (Fsp3) is 0.360. The second-order valence-corrected chi connectivity index (χ2v) is 7.68. The molecule has 2 aromatic carbocycles. The van der Waals surface area contributed by atoms with Gasteiger partial charge in [-0.15, -0.1) is 0 Å². The molecule has 6 nitrogen and oxygen atoms in total. The molecule has 6 heteroatoms. The van der Waals surface area contributed by atoms with E-state index in [0.717, 1.165) is 50.0 Å². The molecule has 0 aliphatic carbocycles. The van der Waals surface area contributed by atoms with Crippen molar-refractivity contribution in [3.05, 3.63) is 71.3 Å². The summed E-state index contributed by atoms with van der Waals surface area (Å²) in [5, 5.41) is 11.8. The van der Waals surface area contributed by atoms with Gasteiger partial charge in [0.1, 0.15) is 6.04 Å². The predicted molar refractivity (Wildman–Crippen MR) is 117 cm³/mol. The Morgan fingerprint density at radius 1 is 1.00 bits per heavy atom. The molecule has 0 saturated carbocycles. The summed E-state index contributed by atoms with van der Waals surface area (Å²) in [6.07, 6.45) is 4.29. The van der Waals surface area contributed by atoms with Crippen LogP contribution >= 0.6 is 0 Å². The molecule has 3 rings (SSSR count). The summed E-state index contributed by atoms with van der Waals surface area (Å²) < 4.78 is 5.37. The number of ether oxygens (including phenoxy) is 1. The Bertz CT molecular complexity index is 910. The first kappa shape index (κ1) is 22.5. The minimum absolute atomic E-state index is 0.359. The van der Waals surface area contributed by atoms with Crippen LogP contribution in [0.15, 0.2) is 54.6 Å². The van der Waals surface area contributed by atoms with Gasteiger partial charge in [0.05, 0.1) is 0 Å². The topological polar surface area (TPSA) is 87.7 Å². The van der Waals surface area contributed by atoms with Crippen molar-refractivity contribution in [2.24, 2.45) is 5.92 Å². The summed E-state index contributed by atoms with van der Waals surface area (Å²) in [4.78, 5) is 24.6. The van der Waals surface area contributed by atoms with E-state index < -0.39 is 11.9 Å². The van der Waals surface area contributed by atoms with Crippen molar-refractivity contribution in [2.45, 2.75) is 38.1 Å². The number of nitrogens with one attached hydrogen (secondary N) is 2. The number of benzene rings is 2.